The van der Waals surface area contributed by atoms with Crippen LogP contribution < -0.4 is 4.90 Å². The minimum Gasteiger partial charge on any atom is -0.310 e. The van der Waals surface area contributed by atoms with Crippen LogP contribution in [0.1, 0.15) is 44.0 Å². The number of hydrogen-bond donors (Lipinski definition) is 0. The molecule has 0 fully saturated rings. The number of rotatable bonds is 4. The lowest BCUT2D eigenvalue weighted by atomic mass is 10.1. The number of hydrogen-bond acceptors (Lipinski definition) is 3. The van der Waals surface area contributed by atoms with Crippen LogP contribution in [0.4, 0.5) is 5.69 Å². The Hall–Kier alpha value is -1.29. The summed E-state index contributed by atoms with van der Waals surface area (Å²) in [5.74, 6) is 0.150. The predicted octanol–water partition coefficient (Wildman–Crippen LogP) is 3.52. The first kappa shape index (κ1) is 14.1. The van der Waals surface area contributed by atoms with Crippen molar-refractivity contribution in [1.82, 2.24) is 0 Å². The molecule has 0 spiro atoms. The Kier molecular flexibility index (Phi) is 3.99. The van der Waals surface area contributed by atoms with Gasteiger partial charge in [0.1, 0.15) is 6.29 Å². The van der Waals surface area contributed by atoms with Crippen molar-refractivity contribution in [1.29, 1.82) is 0 Å². The maximum atomic E-state index is 12.5. The van der Waals surface area contributed by atoms with Gasteiger partial charge in [0.15, 0.2) is 0 Å². The first-order valence-corrected chi connectivity index (χ1v) is 7.41. The molecule has 0 saturated heterocycles. The molecule has 0 aliphatic carbocycles. The van der Waals surface area contributed by atoms with E-state index >= 15 is 0 Å². The Morgan fingerprint density at radius 1 is 1.37 bits per heavy atom. The Morgan fingerprint density at radius 3 is 2.74 bits per heavy atom. The van der Waals surface area contributed by atoms with Crippen LogP contribution in [0.25, 0.3) is 0 Å². The molecule has 0 aromatic heterocycles. The largest absolute Gasteiger partial charge is 0.310 e. The van der Waals surface area contributed by atoms with Gasteiger partial charge in [-0.2, -0.15) is 0 Å². The molecule has 4 heteroatoms. The van der Waals surface area contributed by atoms with Crippen LogP contribution in [-0.2, 0) is 4.79 Å². The fourth-order valence-corrected chi connectivity index (χ4v) is 3.43. The second-order valence-corrected chi connectivity index (χ2v) is 6.93. The Balaban J connectivity index is 2.44. The van der Waals surface area contributed by atoms with Crippen molar-refractivity contribution in [2.24, 2.45) is 0 Å². The number of amides is 1. The second-order valence-electron chi connectivity index (χ2n) is 5.27. The zero-order valence-corrected chi connectivity index (χ0v) is 12.4. The van der Waals surface area contributed by atoms with Crippen molar-refractivity contribution >= 4 is 29.6 Å². The molecule has 1 amide bonds. The van der Waals surface area contributed by atoms with E-state index in [0.29, 0.717) is 5.56 Å². The molecule has 2 rings (SSSR count). The molecule has 0 unspecified atom stereocenters. The monoisotopic (exact) mass is 277 g/mol. The zero-order chi connectivity index (χ0) is 14.0. The van der Waals surface area contributed by atoms with Crippen molar-refractivity contribution in [2.75, 3.05) is 11.4 Å². The van der Waals surface area contributed by atoms with Gasteiger partial charge < -0.3 is 4.90 Å². The van der Waals surface area contributed by atoms with E-state index < -0.39 is 4.75 Å². The molecule has 0 atom stereocenters. The van der Waals surface area contributed by atoms with Gasteiger partial charge in [0.2, 0.25) is 5.91 Å². The average Bonchev–Trinajstić information content (AvgIpc) is 2.38. The third kappa shape index (κ3) is 2.68. The Morgan fingerprint density at radius 2 is 2.11 bits per heavy atom. The van der Waals surface area contributed by atoms with Crippen LogP contribution in [0, 0.1) is 0 Å². The van der Waals surface area contributed by atoms with E-state index in [1.807, 2.05) is 30.9 Å². The van der Waals surface area contributed by atoms with E-state index in [9.17, 15) is 9.59 Å². The minimum atomic E-state index is -0.470. The van der Waals surface area contributed by atoms with Gasteiger partial charge in [-0.25, -0.2) is 0 Å². The van der Waals surface area contributed by atoms with E-state index in [0.717, 1.165) is 36.3 Å². The van der Waals surface area contributed by atoms with Gasteiger partial charge in [-0.05, 0) is 38.5 Å². The maximum absolute atomic E-state index is 12.5. The normalized spacial score (nSPS) is 17.2. The highest BCUT2D eigenvalue weighted by atomic mass is 32.2. The number of carbonyl (C=O) groups is 2. The number of nitrogens with zero attached hydrogens (tertiary/aromatic N) is 1. The predicted molar refractivity (Wildman–Crippen MR) is 79.0 cm³/mol. The van der Waals surface area contributed by atoms with Crippen molar-refractivity contribution in [3.05, 3.63) is 23.8 Å². The van der Waals surface area contributed by atoms with Gasteiger partial charge in [0.25, 0.3) is 0 Å². The summed E-state index contributed by atoms with van der Waals surface area (Å²) in [5, 5.41) is 0. The van der Waals surface area contributed by atoms with Gasteiger partial charge >= 0.3 is 0 Å². The number of thioether (sulfide) groups is 1. The molecule has 1 heterocycles. The SMILES string of the molecule is CCCCN1C(=O)C(C)(C)Sc2cc(C=O)ccc21. The Labute approximate surface area is 118 Å². The highest BCUT2D eigenvalue weighted by Gasteiger charge is 2.39. The zero-order valence-electron chi connectivity index (χ0n) is 11.6. The number of fused-ring (bicyclic) bond motifs is 1. The van der Waals surface area contributed by atoms with Gasteiger partial charge in [-0.1, -0.05) is 13.3 Å². The first-order chi connectivity index (χ1) is 8.99. The van der Waals surface area contributed by atoms with Gasteiger partial charge in [-0.3, -0.25) is 9.59 Å². The fourth-order valence-electron chi connectivity index (χ4n) is 2.20. The summed E-state index contributed by atoms with van der Waals surface area (Å²) >= 11 is 1.54. The molecule has 1 aromatic rings. The van der Waals surface area contributed by atoms with Crippen molar-refractivity contribution in [2.45, 2.75) is 43.3 Å². The second kappa shape index (κ2) is 5.37. The number of benzene rings is 1. The lowest BCUT2D eigenvalue weighted by molar-refractivity contribution is -0.120. The van der Waals surface area contributed by atoms with E-state index in [1.54, 1.807) is 6.07 Å². The fraction of sp³-hybridized carbons (Fsp3) is 0.467. The number of carbonyl (C=O) groups excluding carboxylic acids is 2. The highest BCUT2D eigenvalue weighted by molar-refractivity contribution is 8.01. The molecule has 0 N–H and O–H groups in total. The van der Waals surface area contributed by atoms with Crippen LogP contribution in [0.5, 0.6) is 0 Å². The number of aldehydes is 1. The van der Waals surface area contributed by atoms with Gasteiger partial charge in [0, 0.05) is 17.0 Å². The number of anilines is 1. The smallest absolute Gasteiger partial charge is 0.243 e. The lowest BCUT2D eigenvalue weighted by Gasteiger charge is -2.38. The van der Waals surface area contributed by atoms with E-state index in [4.69, 9.17) is 0 Å². The van der Waals surface area contributed by atoms with Crippen molar-refractivity contribution in [3.8, 4) is 0 Å². The van der Waals surface area contributed by atoms with E-state index in [1.165, 1.54) is 11.8 Å². The molecule has 3 nitrogen and oxygen atoms in total. The molecule has 0 radical (unpaired) electrons. The minimum absolute atomic E-state index is 0.150. The van der Waals surface area contributed by atoms with Crippen LogP contribution in [0.3, 0.4) is 0 Å². The topological polar surface area (TPSA) is 37.4 Å². The summed E-state index contributed by atoms with van der Waals surface area (Å²) in [7, 11) is 0. The molecule has 0 saturated carbocycles. The van der Waals surface area contributed by atoms with E-state index in [2.05, 4.69) is 6.92 Å². The number of unbranched alkanes of at least 4 members (excludes halogenated alkanes) is 1. The lowest BCUT2D eigenvalue weighted by Crippen LogP contribution is -2.46. The molecular formula is C15H19NO2S. The maximum Gasteiger partial charge on any atom is 0.243 e. The third-order valence-corrected chi connectivity index (χ3v) is 4.50. The first-order valence-electron chi connectivity index (χ1n) is 6.60. The summed E-state index contributed by atoms with van der Waals surface area (Å²) in [5.41, 5.74) is 1.60. The summed E-state index contributed by atoms with van der Waals surface area (Å²) in [4.78, 5) is 26.3. The standard InChI is InChI=1S/C15H19NO2S/c1-4-5-8-16-12-7-6-11(10-17)9-13(12)19-15(2,3)14(16)18/h6-7,9-10H,4-5,8H2,1-3H3. The summed E-state index contributed by atoms with van der Waals surface area (Å²) in [6.45, 7) is 6.74. The Bertz CT molecular complexity index is 511. The van der Waals surface area contributed by atoms with E-state index in [-0.39, 0.29) is 5.91 Å². The summed E-state index contributed by atoms with van der Waals surface area (Å²) in [6.07, 6.45) is 2.89. The quantitative estimate of drug-likeness (QED) is 0.790. The highest BCUT2D eigenvalue weighted by Crippen LogP contribution is 2.45. The third-order valence-electron chi connectivity index (χ3n) is 3.27. The van der Waals surface area contributed by atoms with Crippen LogP contribution in [0.15, 0.2) is 23.1 Å². The van der Waals surface area contributed by atoms with Crippen LogP contribution in [-0.4, -0.2) is 23.5 Å². The molecule has 19 heavy (non-hydrogen) atoms. The van der Waals surface area contributed by atoms with Crippen molar-refractivity contribution in [3.63, 3.8) is 0 Å². The molecule has 0 bridgehead atoms. The summed E-state index contributed by atoms with van der Waals surface area (Å²) < 4.78 is -0.470. The average molecular weight is 277 g/mol. The summed E-state index contributed by atoms with van der Waals surface area (Å²) in [6, 6.07) is 5.53. The molecule has 102 valence electrons. The van der Waals surface area contributed by atoms with Crippen molar-refractivity contribution < 1.29 is 9.59 Å². The molecule has 1 aromatic carbocycles. The van der Waals surface area contributed by atoms with Gasteiger partial charge in [0.05, 0.1) is 10.4 Å². The molecule has 1 aliphatic rings. The van der Waals surface area contributed by atoms with Crippen LogP contribution >= 0.6 is 11.8 Å². The molecular weight excluding hydrogens is 258 g/mol. The van der Waals surface area contributed by atoms with Gasteiger partial charge in [-0.15, -0.1) is 11.8 Å². The van der Waals surface area contributed by atoms with Crippen LogP contribution in [0.2, 0.25) is 0 Å². The molecule has 1 aliphatic heterocycles.